The third kappa shape index (κ3) is 4.08. The number of nitrogens with zero attached hydrogens (tertiary/aromatic N) is 2. The van der Waals surface area contributed by atoms with Crippen LogP contribution in [0.2, 0.25) is 0 Å². The van der Waals surface area contributed by atoms with Crippen LogP contribution in [0.1, 0.15) is 26.2 Å². The topological polar surface area (TPSA) is 32.8 Å². The Bertz CT molecular complexity index is 191. The van der Waals surface area contributed by atoms with Crippen molar-refractivity contribution in [1.29, 1.82) is 0 Å². The third-order valence-electron chi connectivity index (χ3n) is 2.73. The lowest BCUT2D eigenvalue weighted by Crippen LogP contribution is -2.44. The van der Waals surface area contributed by atoms with Gasteiger partial charge in [-0.2, -0.15) is 0 Å². The summed E-state index contributed by atoms with van der Waals surface area (Å²) in [5.74, 6) is 0. The van der Waals surface area contributed by atoms with Crippen molar-refractivity contribution in [3.05, 3.63) is 0 Å². The Morgan fingerprint density at radius 3 is 2.60 bits per heavy atom. The largest absolute Gasteiger partial charge is 0.380 e. The van der Waals surface area contributed by atoms with Crippen molar-refractivity contribution in [2.24, 2.45) is 0 Å². The zero-order valence-electron chi connectivity index (χ0n) is 9.87. The summed E-state index contributed by atoms with van der Waals surface area (Å²) in [5, 5.41) is 0. The molecule has 0 spiro atoms. The molecule has 0 bridgehead atoms. The molecule has 0 aliphatic carbocycles. The first-order valence-electron chi connectivity index (χ1n) is 5.83. The molecular weight excluding hydrogens is 192 g/mol. The smallest absolute Gasteiger partial charge is 0.319 e. The number of carbonyl (C=O) groups is 1. The van der Waals surface area contributed by atoms with E-state index in [0.29, 0.717) is 19.8 Å². The number of ether oxygens (including phenoxy) is 1. The molecular formula is C11H22N2O2. The maximum atomic E-state index is 11.9. The number of urea groups is 1. The number of hydrogen-bond acceptors (Lipinski definition) is 2. The third-order valence-corrected chi connectivity index (χ3v) is 2.73. The molecule has 1 rings (SSSR count). The van der Waals surface area contributed by atoms with Crippen molar-refractivity contribution in [1.82, 2.24) is 9.80 Å². The van der Waals surface area contributed by atoms with Crippen molar-refractivity contribution in [2.75, 3.05) is 39.9 Å². The van der Waals surface area contributed by atoms with E-state index in [1.54, 1.807) is 4.90 Å². The van der Waals surface area contributed by atoms with Crippen molar-refractivity contribution >= 4 is 6.03 Å². The predicted octanol–water partition coefficient (Wildman–Crippen LogP) is 1.56. The number of likely N-dealkylation sites (N-methyl/N-ethyl adjacent to an activating group) is 1. The van der Waals surface area contributed by atoms with Crippen molar-refractivity contribution < 1.29 is 9.53 Å². The molecule has 0 radical (unpaired) electrons. The molecule has 0 unspecified atom stereocenters. The quantitative estimate of drug-likeness (QED) is 0.665. The fraction of sp³-hybridized carbons (Fsp3) is 0.909. The molecule has 4 nitrogen and oxygen atoms in total. The van der Waals surface area contributed by atoms with Gasteiger partial charge in [0.2, 0.25) is 0 Å². The van der Waals surface area contributed by atoms with Crippen molar-refractivity contribution in [2.45, 2.75) is 26.2 Å². The average molecular weight is 214 g/mol. The first-order valence-corrected chi connectivity index (χ1v) is 5.83. The van der Waals surface area contributed by atoms with Crippen LogP contribution in [0, 0.1) is 0 Å². The molecule has 4 heteroatoms. The van der Waals surface area contributed by atoms with E-state index < -0.39 is 0 Å². The van der Waals surface area contributed by atoms with E-state index in [1.165, 1.54) is 6.42 Å². The van der Waals surface area contributed by atoms with Gasteiger partial charge in [0, 0.05) is 33.3 Å². The zero-order chi connectivity index (χ0) is 11.1. The Morgan fingerprint density at radius 2 is 2.00 bits per heavy atom. The number of hydrogen-bond donors (Lipinski definition) is 0. The van der Waals surface area contributed by atoms with Gasteiger partial charge in [0.15, 0.2) is 0 Å². The second-order valence-electron chi connectivity index (χ2n) is 3.95. The first kappa shape index (κ1) is 12.3. The van der Waals surface area contributed by atoms with Crippen molar-refractivity contribution in [3.63, 3.8) is 0 Å². The van der Waals surface area contributed by atoms with Crippen LogP contribution in [0.25, 0.3) is 0 Å². The fourth-order valence-electron chi connectivity index (χ4n) is 1.77. The second-order valence-corrected chi connectivity index (χ2v) is 3.95. The summed E-state index contributed by atoms with van der Waals surface area (Å²) < 4.78 is 5.23. The Morgan fingerprint density at radius 1 is 1.33 bits per heavy atom. The Labute approximate surface area is 92.2 Å². The molecule has 1 saturated heterocycles. The van der Waals surface area contributed by atoms with E-state index in [2.05, 4.69) is 0 Å². The highest BCUT2D eigenvalue weighted by atomic mass is 16.5. The second kappa shape index (κ2) is 6.67. The SMILES string of the molecule is CCOCCN(C)C(=O)N1CCCCC1. The minimum Gasteiger partial charge on any atom is -0.380 e. The maximum Gasteiger partial charge on any atom is 0.319 e. The normalized spacial score (nSPS) is 16.5. The average Bonchev–Trinajstić information content (AvgIpc) is 2.29. The fourth-order valence-corrected chi connectivity index (χ4v) is 1.77. The lowest BCUT2D eigenvalue weighted by molar-refractivity contribution is 0.111. The molecule has 0 aromatic rings. The van der Waals surface area contributed by atoms with Gasteiger partial charge in [0.25, 0.3) is 0 Å². The monoisotopic (exact) mass is 214 g/mol. The number of rotatable bonds is 4. The van der Waals surface area contributed by atoms with E-state index in [1.807, 2.05) is 18.9 Å². The number of piperidine rings is 1. The zero-order valence-corrected chi connectivity index (χ0v) is 9.87. The van der Waals surface area contributed by atoms with Gasteiger partial charge in [-0.3, -0.25) is 0 Å². The molecule has 2 amide bonds. The van der Waals surface area contributed by atoms with Gasteiger partial charge < -0.3 is 14.5 Å². The Kier molecular flexibility index (Phi) is 5.47. The van der Waals surface area contributed by atoms with E-state index in [4.69, 9.17) is 4.74 Å². The highest BCUT2D eigenvalue weighted by molar-refractivity contribution is 5.74. The molecule has 1 heterocycles. The number of amides is 2. The van der Waals surface area contributed by atoms with E-state index >= 15 is 0 Å². The van der Waals surface area contributed by atoms with Gasteiger partial charge in [-0.1, -0.05) is 0 Å². The summed E-state index contributed by atoms with van der Waals surface area (Å²) in [6.07, 6.45) is 3.54. The van der Waals surface area contributed by atoms with Crippen LogP contribution in [0.4, 0.5) is 4.79 Å². The highest BCUT2D eigenvalue weighted by Gasteiger charge is 2.19. The molecule has 0 N–H and O–H groups in total. The van der Waals surface area contributed by atoms with Gasteiger partial charge in [-0.05, 0) is 26.2 Å². The Hall–Kier alpha value is -0.770. The highest BCUT2D eigenvalue weighted by Crippen LogP contribution is 2.10. The van der Waals surface area contributed by atoms with Gasteiger partial charge in [0.1, 0.15) is 0 Å². The van der Waals surface area contributed by atoms with Crippen LogP contribution in [0.15, 0.2) is 0 Å². The summed E-state index contributed by atoms with van der Waals surface area (Å²) >= 11 is 0. The number of carbonyl (C=O) groups excluding carboxylic acids is 1. The van der Waals surface area contributed by atoms with Gasteiger partial charge in [-0.25, -0.2) is 4.79 Å². The molecule has 1 aliphatic rings. The van der Waals surface area contributed by atoms with Gasteiger partial charge in [0.05, 0.1) is 6.61 Å². The molecule has 1 fully saturated rings. The lowest BCUT2D eigenvalue weighted by Gasteiger charge is -2.30. The maximum absolute atomic E-state index is 11.9. The van der Waals surface area contributed by atoms with E-state index in [-0.39, 0.29) is 6.03 Å². The van der Waals surface area contributed by atoms with Crippen LogP contribution >= 0.6 is 0 Å². The standard InChI is InChI=1S/C11H22N2O2/c1-3-15-10-9-12(2)11(14)13-7-5-4-6-8-13/h3-10H2,1-2H3. The molecule has 0 aromatic carbocycles. The minimum atomic E-state index is 0.148. The summed E-state index contributed by atoms with van der Waals surface area (Å²) in [4.78, 5) is 15.6. The molecule has 0 saturated carbocycles. The molecule has 0 atom stereocenters. The molecule has 88 valence electrons. The Balaban J connectivity index is 2.24. The predicted molar refractivity (Wildman–Crippen MR) is 59.9 cm³/mol. The van der Waals surface area contributed by atoms with Crippen LogP contribution in [0.3, 0.4) is 0 Å². The van der Waals surface area contributed by atoms with Crippen LogP contribution in [0.5, 0.6) is 0 Å². The molecule has 1 aliphatic heterocycles. The minimum absolute atomic E-state index is 0.148. The van der Waals surface area contributed by atoms with E-state index in [9.17, 15) is 4.79 Å². The summed E-state index contributed by atoms with van der Waals surface area (Å²) in [5.41, 5.74) is 0. The molecule has 15 heavy (non-hydrogen) atoms. The molecule has 0 aromatic heterocycles. The van der Waals surface area contributed by atoms with Crippen LogP contribution in [-0.4, -0.2) is 55.7 Å². The van der Waals surface area contributed by atoms with Crippen LogP contribution < -0.4 is 0 Å². The first-order chi connectivity index (χ1) is 7.25. The van der Waals surface area contributed by atoms with Crippen LogP contribution in [-0.2, 0) is 4.74 Å². The lowest BCUT2D eigenvalue weighted by atomic mass is 10.1. The van der Waals surface area contributed by atoms with E-state index in [0.717, 1.165) is 25.9 Å². The summed E-state index contributed by atoms with van der Waals surface area (Å²) in [7, 11) is 1.84. The summed E-state index contributed by atoms with van der Waals surface area (Å²) in [6, 6.07) is 0.148. The number of likely N-dealkylation sites (tertiary alicyclic amines) is 1. The van der Waals surface area contributed by atoms with Crippen molar-refractivity contribution in [3.8, 4) is 0 Å². The van der Waals surface area contributed by atoms with Gasteiger partial charge >= 0.3 is 6.03 Å². The van der Waals surface area contributed by atoms with Gasteiger partial charge in [-0.15, -0.1) is 0 Å². The summed E-state index contributed by atoms with van der Waals surface area (Å²) in [6.45, 7) is 5.82.